The van der Waals surface area contributed by atoms with E-state index >= 15 is 0 Å². The number of carbonyl (C=O) groups excluding carboxylic acids is 6. The Kier molecular flexibility index (Phi) is 12.6. The van der Waals surface area contributed by atoms with Crippen LogP contribution in [0.3, 0.4) is 0 Å². The van der Waals surface area contributed by atoms with Crippen LogP contribution in [0.25, 0.3) is 90.9 Å². The number of hydrogen-bond donors (Lipinski definition) is 6. The number of amides is 4. The van der Waals surface area contributed by atoms with Crippen molar-refractivity contribution in [1.82, 2.24) is 19.9 Å². The van der Waals surface area contributed by atoms with Crippen LogP contribution < -0.4 is 21.3 Å². The summed E-state index contributed by atoms with van der Waals surface area (Å²) in [5.74, 6) is -1.33. The molecule has 0 radical (unpaired) electrons. The Balaban J connectivity index is 1.13. The van der Waals surface area contributed by atoms with Crippen LogP contribution in [0, 0.1) is 45.3 Å². The number of carbonyl (C=O) groups is 6. The van der Waals surface area contributed by atoms with Crippen LogP contribution in [-0.4, -0.2) is 56.1 Å². The van der Waals surface area contributed by atoms with Crippen LogP contribution in [0.4, 0.5) is 22.7 Å². The van der Waals surface area contributed by atoms with E-state index in [1.807, 2.05) is 109 Å². The maximum Gasteiger partial charge on any atom is 0.228 e. The smallest absolute Gasteiger partial charge is 0.228 e. The summed E-state index contributed by atoms with van der Waals surface area (Å²) in [6, 6.07) is 33.6. The molecule has 0 unspecified atom stereocenters. The standard InChI is InChI=1S/C70H66N8O6/c1-67(2)31-41(67)63(81)75-45-11-9-12-46(76-64(82)42-32-68(42,3)4)59(45)61-53-27-23-49(71-53)57(39-19-15-37(35-79)16-20-39)51-25-29-55(73-51)62(56-30-26-52(74-56)58(50-24-28-54(61)72-50)40-21-17-38(36-80)18-22-40)60-47(77-65(83)43-33-69(43,5)6)13-10-14-48(60)78-66(84)44-34-70(44,7)8/h9-30,35-36,41-44,71,74H,31-34H2,1-8H3,(H,75,81)(H,76,82)(H,77,83)(H,78,84)/t41-,42+,43-,44+. The maximum absolute atomic E-state index is 14.3. The highest BCUT2D eigenvalue weighted by Gasteiger charge is 2.53. The van der Waals surface area contributed by atoms with Crippen molar-refractivity contribution < 1.29 is 28.8 Å². The normalized spacial score (nSPS) is 20.3. The first kappa shape index (κ1) is 54.0. The number of aldehydes is 2. The van der Waals surface area contributed by atoms with E-state index in [0.717, 1.165) is 49.4 Å². The predicted molar refractivity (Wildman–Crippen MR) is 333 cm³/mol. The number of fused-ring (bicyclic) bond motifs is 8. The number of anilines is 4. The highest BCUT2D eigenvalue weighted by molar-refractivity contribution is 6.12. The second-order valence-corrected chi connectivity index (χ2v) is 26.4. The average molecular weight is 1120 g/mol. The molecule has 4 fully saturated rings. The Bertz CT molecular complexity index is 3870. The molecule has 4 saturated carbocycles. The molecule has 4 aliphatic carbocycles. The van der Waals surface area contributed by atoms with Gasteiger partial charge >= 0.3 is 0 Å². The van der Waals surface area contributed by atoms with Crippen molar-refractivity contribution in [3.8, 4) is 44.5 Å². The van der Waals surface area contributed by atoms with Crippen molar-refractivity contribution in [2.24, 2.45) is 45.3 Å². The molecule has 14 heteroatoms. The number of aromatic amines is 2. The third kappa shape index (κ3) is 9.86. The van der Waals surface area contributed by atoms with Crippen LogP contribution in [0.1, 0.15) is 125 Å². The second-order valence-electron chi connectivity index (χ2n) is 26.4. The molecule has 4 aromatic carbocycles. The molecular weight excluding hydrogens is 1050 g/mol. The van der Waals surface area contributed by atoms with Crippen LogP contribution in [0.15, 0.2) is 109 Å². The molecule has 4 amide bonds. The lowest BCUT2D eigenvalue weighted by Crippen LogP contribution is -2.19. The Hall–Kier alpha value is -9.30. The number of nitrogens with one attached hydrogen (secondary N) is 6. The molecule has 5 heterocycles. The molecule has 422 valence electrons. The van der Waals surface area contributed by atoms with Crippen molar-refractivity contribution in [2.45, 2.75) is 81.1 Å². The Morgan fingerprint density at radius 1 is 0.381 bits per heavy atom. The van der Waals surface area contributed by atoms with Crippen LogP contribution in [-0.2, 0) is 19.2 Å². The SMILES string of the molecule is CC1(C)C[C@@H]1C(=O)Nc1cccc(NC(=O)[C@@H]2CC2(C)C)c1-c1c2nc(c(-c3ccc(C=O)cc3)c3ccc([nH]3)c(-c3c(NC(=O)[C@H]4CC4(C)C)cccc3NC(=O)[C@@H]3CC3(C)C)c3nc(c(-c4ccc(C=O)cc4)c4ccc1[nH]4)C=C3)C=C2. The molecule has 7 aromatic rings. The Morgan fingerprint density at radius 3 is 0.881 bits per heavy atom. The molecule has 6 aliphatic rings. The maximum atomic E-state index is 14.3. The number of aromatic nitrogens is 4. The van der Waals surface area contributed by atoms with Gasteiger partial charge in [0.15, 0.2) is 0 Å². The van der Waals surface area contributed by atoms with E-state index < -0.39 is 0 Å². The zero-order chi connectivity index (χ0) is 58.8. The second kappa shape index (κ2) is 19.7. The number of hydrogen-bond acceptors (Lipinski definition) is 8. The summed E-state index contributed by atoms with van der Waals surface area (Å²) in [5, 5.41) is 13.2. The van der Waals surface area contributed by atoms with Gasteiger partial charge in [-0.25, -0.2) is 9.97 Å². The first-order valence-electron chi connectivity index (χ1n) is 28.9. The summed E-state index contributed by atoms with van der Waals surface area (Å²) in [4.78, 5) is 100. The molecular formula is C70H66N8O6. The third-order valence-electron chi connectivity index (χ3n) is 18.4. The van der Waals surface area contributed by atoms with Gasteiger partial charge in [0.05, 0.1) is 45.5 Å². The fraction of sp³-hybridized carbons (Fsp3) is 0.286. The highest BCUT2D eigenvalue weighted by Crippen LogP contribution is 2.56. The van der Waals surface area contributed by atoms with E-state index in [1.54, 1.807) is 24.3 Å². The van der Waals surface area contributed by atoms with Gasteiger partial charge in [-0.3, -0.25) is 28.8 Å². The molecule has 0 spiro atoms. The number of benzene rings is 4. The van der Waals surface area contributed by atoms with Crippen LogP contribution in [0.2, 0.25) is 0 Å². The number of H-pyrrole nitrogens is 2. The molecule has 4 atom stereocenters. The summed E-state index contributed by atoms with van der Waals surface area (Å²) >= 11 is 0. The fourth-order valence-corrected chi connectivity index (χ4v) is 12.4. The lowest BCUT2D eigenvalue weighted by Gasteiger charge is -2.18. The van der Waals surface area contributed by atoms with Gasteiger partial charge in [-0.15, -0.1) is 0 Å². The first-order valence-corrected chi connectivity index (χ1v) is 28.9. The van der Waals surface area contributed by atoms with Gasteiger partial charge in [-0.05, 0) is 131 Å². The van der Waals surface area contributed by atoms with E-state index in [-0.39, 0.29) is 69.0 Å². The van der Waals surface area contributed by atoms with Crippen molar-refractivity contribution >= 4 is 105 Å². The minimum atomic E-state index is -0.211. The lowest BCUT2D eigenvalue weighted by molar-refractivity contribution is -0.118. The minimum Gasteiger partial charge on any atom is -0.354 e. The van der Waals surface area contributed by atoms with E-state index in [9.17, 15) is 28.8 Å². The van der Waals surface area contributed by atoms with E-state index in [1.165, 1.54) is 0 Å². The highest BCUT2D eigenvalue weighted by atomic mass is 16.2. The molecule has 6 N–H and O–H groups in total. The summed E-state index contributed by atoms with van der Waals surface area (Å²) < 4.78 is 0. The molecule has 3 aromatic heterocycles. The van der Waals surface area contributed by atoms with Gasteiger partial charge in [0, 0.05) is 90.2 Å². The largest absolute Gasteiger partial charge is 0.354 e. The lowest BCUT2D eigenvalue weighted by atomic mass is 9.98. The molecule has 0 saturated heterocycles. The topological polar surface area (TPSA) is 208 Å². The predicted octanol–water partition coefficient (Wildman–Crippen LogP) is 14.9. The van der Waals surface area contributed by atoms with E-state index in [0.29, 0.717) is 112 Å². The van der Waals surface area contributed by atoms with Gasteiger partial charge in [-0.2, -0.15) is 0 Å². The average Bonchev–Trinajstić information content (AvgIpc) is 2.47. The number of rotatable bonds is 14. The van der Waals surface area contributed by atoms with Crippen molar-refractivity contribution in [2.75, 3.05) is 21.3 Å². The van der Waals surface area contributed by atoms with Crippen molar-refractivity contribution in [1.29, 1.82) is 0 Å². The van der Waals surface area contributed by atoms with Gasteiger partial charge < -0.3 is 31.2 Å². The molecule has 2 aliphatic heterocycles. The number of nitrogens with zero attached hydrogens (tertiary/aromatic N) is 2. The molecule has 84 heavy (non-hydrogen) atoms. The van der Waals surface area contributed by atoms with Gasteiger partial charge in [0.25, 0.3) is 0 Å². The van der Waals surface area contributed by atoms with Crippen LogP contribution >= 0.6 is 0 Å². The zero-order valence-corrected chi connectivity index (χ0v) is 48.3. The fourth-order valence-electron chi connectivity index (χ4n) is 12.4. The summed E-state index contributed by atoms with van der Waals surface area (Å²) in [6.45, 7) is 16.7. The monoisotopic (exact) mass is 1110 g/mol. The van der Waals surface area contributed by atoms with Gasteiger partial charge in [0.1, 0.15) is 12.6 Å². The first-order chi connectivity index (χ1) is 40.1. The van der Waals surface area contributed by atoms with Crippen molar-refractivity contribution in [3.05, 3.63) is 143 Å². The third-order valence-corrected chi connectivity index (χ3v) is 18.4. The minimum absolute atomic E-state index is 0.121. The van der Waals surface area contributed by atoms with Gasteiger partial charge in [0.2, 0.25) is 23.6 Å². The zero-order valence-electron chi connectivity index (χ0n) is 48.3. The summed E-state index contributed by atoms with van der Waals surface area (Å²) in [5.41, 5.74) is 12.2. The molecule has 14 nitrogen and oxygen atoms in total. The van der Waals surface area contributed by atoms with Gasteiger partial charge in [-0.1, -0.05) is 116 Å². The molecule has 8 bridgehead atoms. The summed E-state index contributed by atoms with van der Waals surface area (Å²) in [7, 11) is 0. The van der Waals surface area contributed by atoms with E-state index in [2.05, 4.69) is 86.6 Å². The quantitative estimate of drug-likeness (QED) is 0.0576. The Morgan fingerprint density at radius 2 is 0.631 bits per heavy atom. The molecule has 13 rings (SSSR count). The van der Waals surface area contributed by atoms with Crippen molar-refractivity contribution in [3.63, 3.8) is 0 Å². The van der Waals surface area contributed by atoms with E-state index in [4.69, 9.17) is 9.97 Å². The Labute approximate surface area is 487 Å². The van der Waals surface area contributed by atoms with Crippen LogP contribution in [0.5, 0.6) is 0 Å². The summed E-state index contributed by atoms with van der Waals surface area (Å²) in [6.07, 6.45) is 12.3.